The summed E-state index contributed by atoms with van der Waals surface area (Å²) < 4.78 is 37.6. The van der Waals surface area contributed by atoms with Gasteiger partial charge in [0, 0.05) is 5.39 Å². The number of halogens is 3. The second kappa shape index (κ2) is 3.86. The summed E-state index contributed by atoms with van der Waals surface area (Å²) in [7, 11) is 0. The lowest BCUT2D eigenvalue weighted by Gasteiger charge is -2.09. The van der Waals surface area contributed by atoms with E-state index in [2.05, 4.69) is 4.98 Å². The van der Waals surface area contributed by atoms with E-state index in [1.165, 1.54) is 12.1 Å². The van der Waals surface area contributed by atoms with Gasteiger partial charge in [0.15, 0.2) is 0 Å². The van der Waals surface area contributed by atoms with Crippen molar-refractivity contribution in [2.24, 2.45) is 5.73 Å². The number of alkyl halides is 3. The number of anilines is 1. The number of rotatable bonds is 1. The first-order valence-electron chi connectivity index (χ1n) is 4.86. The number of nitrogens with two attached hydrogens (primary N) is 2. The monoisotopic (exact) mass is 255 g/mol. The van der Waals surface area contributed by atoms with Crippen LogP contribution in [0.5, 0.6) is 0 Å². The van der Waals surface area contributed by atoms with E-state index >= 15 is 0 Å². The minimum Gasteiger partial charge on any atom is -0.383 e. The molecule has 1 aromatic heterocycles. The second-order valence-electron chi connectivity index (χ2n) is 3.69. The minimum absolute atomic E-state index is 0.0955. The first-order valence-corrected chi connectivity index (χ1v) is 4.86. The number of nitrogens with zero attached hydrogens (tertiary/aromatic N) is 1. The van der Waals surface area contributed by atoms with Crippen LogP contribution in [0.4, 0.5) is 19.0 Å². The smallest absolute Gasteiger partial charge is 0.383 e. The van der Waals surface area contributed by atoms with E-state index in [-0.39, 0.29) is 22.3 Å². The Morgan fingerprint density at radius 3 is 2.44 bits per heavy atom. The van der Waals surface area contributed by atoms with E-state index in [0.29, 0.717) is 0 Å². The molecule has 0 atom stereocenters. The maximum atomic E-state index is 12.5. The third kappa shape index (κ3) is 2.06. The van der Waals surface area contributed by atoms with Crippen LogP contribution in [0.15, 0.2) is 24.3 Å². The molecule has 0 fully saturated rings. The number of amides is 1. The molecule has 0 bridgehead atoms. The highest BCUT2D eigenvalue weighted by atomic mass is 19.4. The van der Waals surface area contributed by atoms with Gasteiger partial charge in [-0.3, -0.25) is 4.79 Å². The van der Waals surface area contributed by atoms with Crippen molar-refractivity contribution in [3.05, 3.63) is 35.4 Å². The number of carbonyl (C=O) groups is 1. The number of fused-ring (bicyclic) bond motifs is 1. The fourth-order valence-electron chi connectivity index (χ4n) is 1.57. The minimum atomic E-state index is -4.46. The topological polar surface area (TPSA) is 82.0 Å². The van der Waals surface area contributed by atoms with Crippen LogP contribution >= 0.6 is 0 Å². The maximum Gasteiger partial charge on any atom is 0.416 e. The van der Waals surface area contributed by atoms with Gasteiger partial charge in [-0.25, -0.2) is 4.98 Å². The molecule has 4 nitrogen and oxygen atoms in total. The van der Waals surface area contributed by atoms with Gasteiger partial charge in [0.1, 0.15) is 5.82 Å². The second-order valence-corrected chi connectivity index (χ2v) is 3.69. The highest BCUT2D eigenvalue weighted by molar-refractivity contribution is 6.00. The Morgan fingerprint density at radius 1 is 1.22 bits per heavy atom. The van der Waals surface area contributed by atoms with Crippen molar-refractivity contribution >= 4 is 22.6 Å². The average Bonchev–Trinajstić information content (AvgIpc) is 2.25. The van der Waals surface area contributed by atoms with Crippen LogP contribution in [0.25, 0.3) is 10.9 Å². The van der Waals surface area contributed by atoms with Crippen LogP contribution in [0, 0.1) is 0 Å². The zero-order valence-electron chi connectivity index (χ0n) is 8.95. The van der Waals surface area contributed by atoms with Gasteiger partial charge in [-0.05, 0) is 24.3 Å². The van der Waals surface area contributed by atoms with Crippen LogP contribution in [0.2, 0.25) is 0 Å². The van der Waals surface area contributed by atoms with Crippen molar-refractivity contribution in [2.75, 3.05) is 5.73 Å². The fraction of sp³-hybridized carbons (Fsp3) is 0.0909. The quantitative estimate of drug-likeness (QED) is 0.816. The molecular weight excluding hydrogens is 247 g/mol. The van der Waals surface area contributed by atoms with Gasteiger partial charge in [-0.2, -0.15) is 13.2 Å². The molecule has 0 aliphatic rings. The Hall–Kier alpha value is -2.31. The summed E-state index contributed by atoms with van der Waals surface area (Å²) in [6.07, 6.45) is -4.46. The van der Waals surface area contributed by atoms with E-state index in [9.17, 15) is 18.0 Å². The molecular formula is C11H8F3N3O. The lowest BCUT2D eigenvalue weighted by molar-refractivity contribution is -0.137. The third-order valence-corrected chi connectivity index (χ3v) is 2.44. The molecule has 18 heavy (non-hydrogen) atoms. The number of primary amides is 1. The Morgan fingerprint density at radius 2 is 1.89 bits per heavy atom. The molecule has 7 heteroatoms. The molecule has 0 unspecified atom stereocenters. The molecule has 0 saturated carbocycles. The molecule has 0 aliphatic carbocycles. The Labute approximate surface area is 99.4 Å². The van der Waals surface area contributed by atoms with Crippen molar-refractivity contribution in [3.63, 3.8) is 0 Å². The van der Waals surface area contributed by atoms with Gasteiger partial charge in [0.05, 0.1) is 16.6 Å². The predicted molar refractivity (Wildman–Crippen MR) is 59.7 cm³/mol. The van der Waals surface area contributed by atoms with Crippen molar-refractivity contribution < 1.29 is 18.0 Å². The first kappa shape index (κ1) is 12.2. The number of hydrogen-bond donors (Lipinski definition) is 2. The third-order valence-electron chi connectivity index (χ3n) is 2.44. The highest BCUT2D eigenvalue weighted by Gasteiger charge is 2.30. The summed E-state index contributed by atoms with van der Waals surface area (Å²) in [6.45, 7) is 0. The molecule has 1 heterocycles. The molecule has 4 N–H and O–H groups in total. The molecule has 2 aromatic rings. The van der Waals surface area contributed by atoms with Crippen molar-refractivity contribution in [3.8, 4) is 0 Å². The average molecular weight is 255 g/mol. The molecule has 0 saturated heterocycles. The Kier molecular flexibility index (Phi) is 2.61. The van der Waals surface area contributed by atoms with Crippen LogP contribution in [-0.4, -0.2) is 10.9 Å². The largest absolute Gasteiger partial charge is 0.416 e. The summed E-state index contributed by atoms with van der Waals surface area (Å²) in [6, 6.07) is 4.20. The number of benzene rings is 1. The SMILES string of the molecule is NC(=O)c1cc2cc(C(F)(F)F)ccc2nc1N. The Balaban J connectivity index is 2.69. The summed E-state index contributed by atoms with van der Waals surface area (Å²) in [5.74, 6) is -0.936. The van der Waals surface area contributed by atoms with Crippen molar-refractivity contribution in [2.45, 2.75) is 6.18 Å². The maximum absolute atomic E-state index is 12.5. The van der Waals surface area contributed by atoms with Gasteiger partial charge in [-0.1, -0.05) is 0 Å². The summed E-state index contributed by atoms with van der Waals surface area (Å²) in [5.41, 5.74) is 9.88. The zero-order chi connectivity index (χ0) is 13.5. The molecule has 0 spiro atoms. The van der Waals surface area contributed by atoms with E-state index < -0.39 is 17.6 Å². The standard InChI is InChI=1S/C11H8F3N3O/c12-11(13,14)6-1-2-8-5(3-6)4-7(10(16)18)9(15)17-8/h1-4H,(H2,15,17)(H2,16,18). The van der Waals surface area contributed by atoms with E-state index in [0.717, 1.165) is 12.1 Å². The van der Waals surface area contributed by atoms with Crippen LogP contribution in [0.1, 0.15) is 15.9 Å². The summed E-state index contributed by atoms with van der Waals surface area (Å²) >= 11 is 0. The van der Waals surface area contributed by atoms with E-state index in [1.54, 1.807) is 0 Å². The van der Waals surface area contributed by atoms with E-state index in [1.807, 2.05) is 0 Å². The molecule has 0 aliphatic heterocycles. The van der Waals surface area contributed by atoms with Gasteiger partial charge < -0.3 is 11.5 Å². The first-order chi connectivity index (χ1) is 8.29. The number of nitrogen functional groups attached to an aromatic ring is 1. The number of hydrogen-bond acceptors (Lipinski definition) is 3. The fourth-order valence-corrected chi connectivity index (χ4v) is 1.57. The summed E-state index contributed by atoms with van der Waals surface area (Å²) in [4.78, 5) is 14.9. The van der Waals surface area contributed by atoms with Crippen LogP contribution in [-0.2, 0) is 6.18 Å². The van der Waals surface area contributed by atoms with Gasteiger partial charge >= 0.3 is 6.18 Å². The van der Waals surface area contributed by atoms with Gasteiger partial charge in [0.25, 0.3) is 5.91 Å². The van der Waals surface area contributed by atoms with Gasteiger partial charge in [-0.15, -0.1) is 0 Å². The van der Waals surface area contributed by atoms with Crippen LogP contribution < -0.4 is 11.5 Å². The molecule has 1 amide bonds. The number of carbonyl (C=O) groups excluding carboxylic acids is 1. The van der Waals surface area contributed by atoms with Crippen molar-refractivity contribution in [1.82, 2.24) is 4.98 Å². The molecule has 1 aromatic carbocycles. The van der Waals surface area contributed by atoms with Crippen molar-refractivity contribution in [1.29, 1.82) is 0 Å². The lowest BCUT2D eigenvalue weighted by Crippen LogP contribution is -2.14. The van der Waals surface area contributed by atoms with Crippen LogP contribution in [0.3, 0.4) is 0 Å². The van der Waals surface area contributed by atoms with Gasteiger partial charge in [0.2, 0.25) is 0 Å². The zero-order valence-corrected chi connectivity index (χ0v) is 8.95. The molecule has 2 rings (SSSR count). The summed E-state index contributed by atoms with van der Waals surface area (Å²) in [5, 5.41) is 0.160. The van der Waals surface area contributed by atoms with E-state index in [4.69, 9.17) is 11.5 Å². The Bertz CT molecular complexity index is 637. The predicted octanol–water partition coefficient (Wildman–Crippen LogP) is 1.93. The number of pyridine rings is 1. The number of aromatic nitrogens is 1. The normalized spacial score (nSPS) is 11.7. The molecule has 94 valence electrons. The lowest BCUT2D eigenvalue weighted by atomic mass is 10.1. The molecule has 0 radical (unpaired) electrons. The highest BCUT2D eigenvalue weighted by Crippen LogP contribution is 2.31.